The van der Waals surface area contributed by atoms with Gasteiger partial charge < -0.3 is 4.74 Å². The van der Waals surface area contributed by atoms with E-state index in [1.807, 2.05) is 11.8 Å². The van der Waals surface area contributed by atoms with E-state index in [0.717, 1.165) is 5.75 Å². The Labute approximate surface area is 79.1 Å². The normalized spacial score (nSPS) is 12.6. The molecule has 1 atom stereocenters. The lowest BCUT2D eigenvalue weighted by Crippen LogP contribution is -2.08. The van der Waals surface area contributed by atoms with E-state index in [-0.39, 0.29) is 5.97 Å². The van der Waals surface area contributed by atoms with Gasteiger partial charge in [-0.05, 0) is 12.2 Å². The van der Waals surface area contributed by atoms with Crippen LogP contribution in [0.5, 0.6) is 0 Å². The molecule has 2 nitrogen and oxygen atoms in total. The van der Waals surface area contributed by atoms with Crippen molar-refractivity contribution in [2.45, 2.75) is 38.4 Å². The zero-order valence-corrected chi connectivity index (χ0v) is 8.95. The van der Waals surface area contributed by atoms with Gasteiger partial charge in [-0.3, -0.25) is 4.79 Å². The SMILES string of the molecule is CCCCSC(C)CC(=O)OC. The lowest BCUT2D eigenvalue weighted by atomic mass is 10.3. The maximum Gasteiger partial charge on any atom is 0.306 e. The fourth-order valence-corrected chi connectivity index (χ4v) is 1.92. The minimum absolute atomic E-state index is 0.105. The number of methoxy groups -OCH3 is 1. The number of unbranched alkanes of at least 4 members (excludes halogenated alkanes) is 1. The van der Waals surface area contributed by atoms with E-state index in [4.69, 9.17) is 0 Å². The summed E-state index contributed by atoms with van der Waals surface area (Å²) in [6.45, 7) is 4.24. The van der Waals surface area contributed by atoms with Crippen molar-refractivity contribution in [1.29, 1.82) is 0 Å². The molecule has 0 amide bonds. The van der Waals surface area contributed by atoms with E-state index < -0.39 is 0 Å². The lowest BCUT2D eigenvalue weighted by molar-refractivity contribution is -0.140. The molecule has 72 valence electrons. The molecule has 0 saturated heterocycles. The van der Waals surface area contributed by atoms with Gasteiger partial charge in [-0.25, -0.2) is 0 Å². The number of thioether (sulfide) groups is 1. The Morgan fingerprint density at radius 2 is 2.25 bits per heavy atom. The first-order valence-electron chi connectivity index (χ1n) is 4.39. The molecule has 0 aliphatic rings. The van der Waals surface area contributed by atoms with Crippen LogP contribution < -0.4 is 0 Å². The second-order valence-corrected chi connectivity index (χ2v) is 4.36. The van der Waals surface area contributed by atoms with Gasteiger partial charge in [-0.1, -0.05) is 20.3 Å². The molecule has 12 heavy (non-hydrogen) atoms. The van der Waals surface area contributed by atoms with E-state index in [2.05, 4.69) is 18.6 Å². The number of rotatable bonds is 6. The molecule has 0 aromatic heterocycles. The molecule has 0 spiro atoms. The average Bonchev–Trinajstić information content (AvgIpc) is 2.05. The summed E-state index contributed by atoms with van der Waals surface area (Å²) in [7, 11) is 1.44. The Morgan fingerprint density at radius 3 is 2.75 bits per heavy atom. The van der Waals surface area contributed by atoms with Gasteiger partial charge in [0.2, 0.25) is 0 Å². The Hall–Kier alpha value is -0.180. The van der Waals surface area contributed by atoms with E-state index in [1.54, 1.807) is 0 Å². The molecule has 0 heterocycles. The molecule has 0 rings (SSSR count). The Morgan fingerprint density at radius 1 is 1.58 bits per heavy atom. The van der Waals surface area contributed by atoms with Crippen LogP contribution >= 0.6 is 11.8 Å². The fraction of sp³-hybridized carbons (Fsp3) is 0.889. The third-order valence-electron chi connectivity index (χ3n) is 1.58. The Bertz CT molecular complexity index is 126. The predicted molar refractivity (Wildman–Crippen MR) is 53.5 cm³/mol. The molecule has 0 aliphatic heterocycles. The zero-order valence-electron chi connectivity index (χ0n) is 8.13. The molecule has 1 unspecified atom stereocenters. The van der Waals surface area contributed by atoms with Crippen LogP contribution in [0.15, 0.2) is 0 Å². The summed E-state index contributed by atoms with van der Waals surface area (Å²) in [4.78, 5) is 10.8. The standard InChI is InChI=1S/C9H18O2S/c1-4-5-6-12-8(2)7-9(10)11-3/h8H,4-7H2,1-3H3. The highest BCUT2D eigenvalue weighted by atomic mass is 32.2. The molecule has 0 saturated carbocycles. The monoisotopic (exact) mass is 190 g/mol. The van der Waals surface area contributed by atoms with Gasteiger partial charge in [0.05, 0.1) is 13.5 Å². The topological polar surface area (TPSA) is 26.3 Å². The second kappa shape index (κ2) is 7.47. The highest BCUT2D eigenvalue weighted by molar-refractivity contribution is 7.99. The van der Waals surface area contributed by atoms with Crippen LogP contribution in [0.25, 0.3) is 0 Å². The highest BCUT2D eigenvalue weighted by Gasteiger charge is 2.08. The number of carbonyl (C=O) groups excluding carboxylic acids is 1. The Balaban J connectivity index is 3.32. The van der Waals surface area contributed by atoms with Crippen LogP contribution in [0.2, 0.25) is 0 Å². The first-order chi connectivity index (χ1) is 5.70. The maximum atomic E-state index is 10.8. The zero-order chi connectivity index (χ0) is 9.40. The summed E-state index contributed by atoms with van der Waals surface area (Å²) in [5.74, 6) is 1.04. The summed E-state index contributed by atoms with van der Waals surface area (Å²) < 4.78 is 4.57. The van der Waals surface area contributed by atoms with E-state index in [1.165, 1.54) is 20.0 Å². The number of carbonyl (C=O) groups is 1. The highest BCUT2D eigenvalue weighted by Crippen LogP contribution is 2.15. The number of hydrogen-bond acceptors (Lipinski definition) is 3. The molecule has 0 bridgehead atoms. The smallest absolute Gasteiger partial charge is 0.306 e. The molecule has 3 heteroatoms. The van der Waals surface area contributed by atoms with Crippen molar-refractivity contribution >= 4 is 17.7 Å². The minimum Gasteiger partial charge on any atom is -0.469 e. The van der Waals surface area contributed by atoms with Crippen molar-refractivity contribution < 1.29 is 9.53 Å². The molecular weight excluding hydrogens is 172 g/mol. The van der Waals surface area contributed by atoms with Crippen LogP contribution in [-0.4, -0.2) is 24.1 Å². The maximum absolute atomic E-state index is 10.8. The largest absolute Gasteiger partial charge is 0.469 e. The van der Waals surface area contributed by atoms with Gasteiger partial charge in [0.25, 0.3) is 0 Å². The number of hydrogen-bond donors (Lipinski definition) is 0. The fourth-order valence-electron chi connectivity index (χ4n) is 0.806. The van der Waals surface area contributed by atoms with Gasteiger partial charge >= 0.3 is 5.97 Å². The van der Waals surface area contributed by atoms with Crippen molar-refractivity contribution in [3.8, 4) is 0 Å². The summed E-state index contributed by atoms with van der Waals surface area (Å²) >= 11 is 1.84. The van der Waals surface area contributed by atoms with Crippen LogP contribution in [0, 0.1) is 0 Å². The van der Waals surface area contributed by atoms with Gasteiger partial charge in [0, 0.05) is 5.25 Å². The first-order valence-corrected chi connectivity index (χ1v) is 5.44. The lowest BCUT2D eigenvalue weighted by Gasteiger charge is -2.08. The van der Waals surface area contributed by atoms with Crippen LogP contribution in [0.3, 0.4) is 0 Å². The van der Waals surface area contributed by atoms with Crippen molar-refractivity contribution in [3.05, 3.63) is 0 Å². The van der Waals surface area contributed by atoms with E-state index in [9.17, 15) is 4.79 Å². The number of ether oxygens (including phenoxy) is 1. The average molecular weight is 190 g/mol. The summed E-state index contributed by atoms with van der Waals surface area (Å²) in [5.41, 5.74) is 0. The molecule has 0 aromatic rings. The van der Waals surface area contributed by atoms with Gasteiger partial charge in [-0.15, -0.1) is 0 Å². The molecule has 0 aromatic carbocycles. The van der Waals surface area contributed by atoms with Crippen LogP contribution in [-0.2, 0) is 9.53 Å². The molecule has 0 N–H and O–H groups in total. The van der Waals surface area contributed by atoms with Crippen molar-refractivity contribution in [3.63, 3.8) is 0 Å². The van der Waals surface area contributed by atoms with E-state index in [0.29, 0.717) is 11.7 Å². The van der Waals surface area contributed by atoms with Crippen molar-refractivity contribution in [2.75, 3.05) is 12.9 Å². The first kappa shape index (κ1) is 11.8. The molecule has 0 fully saturated rings. The third kappa shape index (κ3) is 6.53. The predicted octanol–water partition coefficient (Wildman–Crippen LogP) is 2.47. The number of esters is 1. The van der Waals surface area contributed by atoms with Gasteiger partial charge in [0.1, 0.15) is 0 Å². The van der Waals surface area contributed by atoms with Crippen LogP contribution in [0.1, 0.15) is 33.1 Å². The second-order valence-electron chi connectivity index (χ2n) is 2.82. The third-order valence-corrected chi connectivity index (χ3v) is 2.84. The molecule has 0 aliphatic carbocycles. The summed E-state index contributed by atoms with van der Waals surface area (Å²) in [5, 5.41) is 0.393. The summed E-state index contributed by atoms with van der Waals surface area (Å²) in [6, 6.07) is 0. The van der Waals surface area contributed by atoms with Gasteiger partial charge in [0.15, 0.2) is 0 Å². The van der Waals surface area contributed by atoms with Gasteiger partial charge in [-0.2, -0.15) is 11.8 Å². The quantitative estimate of drug-likeness (QED) is 0.475. The van der Waals surface area contributed by atoms with Crippen LogP contribution in [0.4, 0.5) is 0 Å². The summed E-state index contributed by atoms with van der Waals surface area (Å²) in [6.07, 6.45) is 2.99. The van der Waals surface area contributed by atoms with E-state index >= 15 is 0 Å². The Kier molecular flexibility index (Phi) is 7.36. The van der Waals surface area contributed by atoms with Crippen molar-refractivity contribution in [1.82, 2.24) is 0 Å². The minimum atomic E-state index is -0.105. The molecular formula is C9H18O2S. The molecule has 0 radical (unpaired) electrons. The van der Waals surface area contributed by atoms with Crippen molar-refractivity contribution in [2.24, 2.45) is 0 Å².